The van der Waals surface area contributed by atoms with Gasteiger partial charge in [0.05, 0.1) is 5.57 Å². The Bertz CT molecular complexity index is 978. The Morgan fingerprint density at radius 3 is 3.03 bits per heavy atom. The topological polar surface area (TPSA) is 150 Å². The van der Waals surface area contributed by atoms with E-state index in [0.29, 0.717) is 12.2 Å². The summed E-state index contributed by atoms with van der Waals surface area (Å²) in [5.74, 6) is -0.570. The van der Waals surface area contributed by atoms with Crippen molar-refractivity contribution in [3.8, 4) is 0 Å². The Morgan fingerprint density at radius 2 is 2.31 bits per heavy atom. The molecule has 3 rings (SSSR count). The number of thioether (sulfide) groups is 2. The van der Waals surface area contributed by atoms with Crippen molar-refractivity contribution in [3.05, 3.63) is 35.5 Å². The molecule has 14 heteroatoms. The fourth-order valence-corrected chi connectivity index (χ4v) is 5.15. The predicted molar refractivity (Wildman–Crippen MR) is 123 cm³/mol. The third-order valence-corrected chi connectivity index (χ3v) is 7.22. The molecule has 0 radical (unpaired) electrons. The van der Waals surface area contributed by atoms with Crippen LogP contribution in [0.1, 0.15) is 5.69 Å². The van der Waals surface area contributed by atoms with Gasteiger partial charge in [-0.1, -0.05) is 11.2 Å². The number of oxime groups is 1. The average molecular weight is 498 g/mol. The van der Waals surface area contributed by atoms with Crippen molar-refractivity contribution in [1.29, 1.82) is 0 Å². The number of aromatic nitrogens is 1. The van der Waals surface area contributed by atoms with Gasteiger partial charge in [-0.05, 0) is 0 Å². The first-order valence-corrected chi connectivity index (χ1v) is 12.3. The fraction of sp³-hybridized carbons (Fsp3) is 0.333. The lowest BCUT2D eigenvalue weighted by atomic mass is 10.1. The Kier molecular flexibility index (Phi) is 8.30. The van der Waals surface area contributed by atoms with E-state index in [9.17, 15) is 19.2 Å². The van der Waals surface area contributed by atoms with E-state index < -0.39 is 29.2 Å². The van der Waals surface area contributed by atoms with Crippen LogP contribution in [0.3, 0.4) is 0 Å². The highest BCUT2D eigenvalue weighted by atomic mass is 32.2. The van der Waals surface area contributed by atoms with E-state index in [1.807, 2.05) is 0 Å². The molecular formula is C18H19N5O6S3. The number of aliphatic carboxylic acids is 1. The number of β-lactam (4-membered cyclic amide) rings is 1. The number of rotatable bonds is 12. The first-order valence-electron chi connectivity index (χ1n) is 9.19. The van der Waals surface area contributed by atoms with Gasteiger partial charge in [-0.25, -0.2) is 9.78 Å². The average Bonchev–Trinajstić information content (AvgIpc) is 3.24. The monoisotopic (exact) mass is 497 g/mol. The van der Waals surface area contributed by atoms with Crippen LogP contribution in [0.4, 0.5) is 5.13 Å². The molecular weight excluding hydrogens is 478 g/mol. The smallest absolute Gasteiger partial charge is 0.333 e. The van der Waals surface area contributed by atoms with E-state index in [0.717, 1.165) is 17.1 Å². The van der Waals surface area contributed by atoms with Gasteiger partial charge in [-0.2, -0.15) is 11.8 Å². The van der Waals surface area contributed by atoms with Gasteiger partial charge >= 0.3 is 5.97 Å². The van der Waals surface area contributed by atoms with Crippen LogP contribution >= 0.6 is 34.9 Å². The number of nitrogens with zero attached hydrogens (tertiary/aromatic N) is 3. The minimum Gasteiger partial charge on any atom is -0.478 e. The van der Waals surface area contributed by atoms with Crippen molar-refractivity contribution in [2.45, 2.75) is 11.4 Å². The summed E-state index contributed by atoms with van der Waals surface area (Å²) >= 11 is 3.93. The standard InChI is InChI=1S/C18H19N5O6S3/c1-2-4-30-5-3-29-22-12(11-8-32-18(20-11)19-9-24)14(25)21-13-15(26)23-6-10(17(27)28)7-31-16(13)23/h2,6,8-9,13,16H,1,3-5,7H2,(H,21,25)(H,27,28)(H,19,20,24)/t13?,16-/m1/s1. The van der Waals surface area contributed by atoms with Crippen molar-refractivity contribution in [2.75, 3.05) is 29.2 Å². The maximum atomic E-state index is 12.9. The Morgan fingerprint density at radius 1 is 1.50 bits per heavy atom. The molecule has 1 saturated heterocycles. The van der Waals surface area contributed by atoms with Crippen LogP contribution in [0.25, 0.3) is 0 Å². The number of carboxylic acid groups (broad SMARTS) is 1. The van der Waals surface area contributed by atoms with Crippen molar-refractivity contribution in [3.63, 3.8) is 0 Å². The molecule has 0 aliphatic carbocycles. The summed E-state index contributed by atoms with van der Waals surface area (Å²) in [5.41, 5.74) is 0.165. The van der Waals surface area contributed by atoms with Crippen molar-refractivity contribution in [1.82, 2.24) is 15.2 Å². The lowest BCUT2D eigenvalue weighted by Crippen LogP contribution is -2.69. The van der Waals surface area contributed by atoms with Crippen molar-refractivity contribution >= 4 is 69.9 Å². The summed E-state index contributed by atoms with van der Waals surface area (Å²) in [7, 11) is 0. The number of carboxylic acids is 1. The zero-order valence-corrected chi connectivity index (χ0v) is 19.0. The number of amides is 3. The maximum absolute atomic E-state index is 12.9. The van der Waals surface area contributed by atoms with E-state index >= 15 is 0 Å². The van der Waals surface area contributed by atoms with Crippen LogP contribution in [-0.2, 0) is 24.0 Å². The second-order valence-electron chi connectivity index (χ2n) is 6.29. The van der Waals surface area contributed by atoms with Crippen LogP contribution < -0.4 is 10.6 Å². The number of thiazole rings is 1. The van der Waals surface area contributed by atoms with Crippen LogP contribution in [-0.4, -0.2) is 80.2 Å². The first kappa shape index (κ1) is 23.8. The Balaban J connectivity index is 1.69. The van der Waals surface area contributed by atoms with Crippen LogP contribution in [0, 0.1) is 0 Å². The number of hydrogen-bond acceptors (Lipinski definition) is 10. The van der Waals surface area contributed by atoms with Crippen LogP contribution in [0.5, 0.6) is 0 Å². The van der Waals surface area contributed by atoms with Gasteiger partial charge in [0.2, 0.25) is 6.41 Å². The van der Waals surface area contributed by atoms with Gasteiger partial charge in [0.15, 0.2) is 10.8 Å². The number of anilines is 1. The second-order valence-corrected chi connectivity index (χ2v) is 9.41. The molecule has 0 aromatic carbocycles. The molecule has 2 atom stereocenters. The maximum Gasteiger partial charge on any atom is 0.333 e. The minimum atomic E-state index is -1.09. The number of carbonyl (C=O) groups is 4. The molecule has 3 amide bonds. The van der Waals surface area contributed by atoms with Gasteiger partial charge in [-0.15, -0.1) is 29.7 Å². The van der Waals surface area contributed by atoms with Gasteiger partial charge in [0.25, 0.3) is 11.8 Å². The quantitative estimate of drug-likeness (QED) is 0.0948. The summed E-state index contributed by atoms with van der Waals surface area (Å²) in [6.07, 6.45) is 3.53. The molecule has 1 fully saturated rings. The lowest BCUT2D eigenvalue weighted by Gasteiger charge is -2.46. The molecule has 32 heavy (non-hydrogen) atoms. The Hall–Kier alpha value is -2.84. The van der Waals surface area contributed by atoms with Gasteiger partial charge < -0.3 is 25.5 Å². The van der Waals surface area contributed by atoms with Crippen molar-refractivity contribution < 1.29 is 29.1 Å². The molecule has 1 aromatic rings. The Labute approximate surface area is 195 Å². The molecule has 1 unspecified atom stereocenters. The molecule has 2 aliphatic rings. The number of carbonyl (C=O) groups excluding carboxylic acids is 3. The molecule has 0 bridgehead atoms. The van der Waals surface area contributed by atoms with Gasteiger partial charge in [0.1, 0.15) is 23.7 Å². The van der Waals surface area contributed by atoms with Crippen LogP contribution in [0.15, 0.2) is 35.0 Å². The first-order chi connectivity index (χ1) is 15.5. The molecule has 1 aromatic heterocycles. The normalized spacial score (nSPS) is 19.9. The largest absolute Gasteiger partial charge is 0.478 e. The zero-order valence-electron chi connectivity index (χ0n) is 16.6. The van der Waals surface area contributed by atoms with E-state index in [1.54, 1.807) is 17.8 Å². The highest BCUT2D eigenvalue weighted by Crippen LogP contribution is 2.36. The summed E-state index contributed by atoms with van der Waals surface area (Å²) in [5, 5.41) is 19.4. The molecule has 2 aliphatic heterocycles. The molecule has 3 heterocycles. The third kappa shape index (κ3) is 5.49. The predicted octanol–water partition coefficient (Wildman–Crippen LogP) is 0.720. The van der Waals surface area contributed by atoms with Gasteiger partial charge in [0, 0.05) is 28.8 Å². The SMILES string of the molecule is C=CCSCCON=C(C(=O)NC1C(=O)N2C=C(C(=O)O)CS[C@H]12)c1csc(NC=O)n1. The second kappa shape index (κ2) is 11.2. The molecule has 170 valence electrons. The zero-order chi connectivity index (χ0) is 23.1. The number of nitrogens with one attached hydrogen (secondary N) is 2. The fourth-order valence-electron chi connectivity index (χ4n) is 2.72. The van der Waals surface area contributed by atoms with E-state index in [1.165, 1.54) is 28.2 Å². The van der Waals surface area contributed by atoms with Gasteiger partial charge in [-0.3, -0.25) is 14.4 Å². The number of hydrogen-bond donors (Lipinski definition) is 3. The molecule has 0 spiro atoms. The lowest BCUT2D eigenvalue weighted by molar-refractivity contribution is -0.144. The summed E-state index contributed by atoms with van der Waals surface area (Å²) in [6.45, 7) is 3.88. The van der Waals surface area contributed by atoms with E-state index in [2.05, 4.69) is 27.4 Å². The van der Waals surface area contributed by atoms with E-state index in [-0.39, 0.29) is 34.5 Å². The highest BCUT2D eigenvalue weighted by molar-refractivity contribution is 8.00. The summed E-state index contributed by atoms with van der Waals surface area (Å²) < 4.78 is 0. The highest BCUT2D eigenvalue weighted by Gasteiger charge is 2.50. The van der Waals surface area contributed by atoms with Crippen molar-refractivity contribution in [2.24, 2.45) is 5.16 Å². The van der Waals surface area contributed by atoms with Crippen LogP contribution in [0.2, 0.25) is 0 Å². The molecule has 11 nitrogen and oxygen atoms in total. The summed E-state index contributed by atoms with van der Waals surface area (Å²) in [6, 6.07) is -0.835. The third-order valence-electron chi connectivity index (χ3n) is 4.20. The molecule has 0 saturated carbocycles. The summed E-state index contributed by atoms with van der Waals surface area (Å²) in [4.78, 5) is 57.8. The number of fused-ring (bicyclic) bond motifs is 1. The van der Waals surface area contributed by atoms with E-state index in [4.69, 9.17) is 9.94 Å². The minimum absolute atomic E-state index is 0.118. The molecule has 3 N–H and O–H groups in total.